The predicted octanol–water partition coefficient (Wildman–Crippen LogP) is 3.71. The molecule has 0 saturated carbocycles. The number of anilines is 1. The molecule has 26 heavy (non-hydrogen) atoms. The lowest BCUT2D eigenvalue weighted by molar-refractivity contribution is -0.116. The minimum absolute atomic E-state index is 0.0620. The molecule has 1 aromatic carbocycles. The zero-order valence-electron chi connectivity index (χ0n) is 16.1. The number of thioether (sulfide) groups is 1. The van der Waals surface area contributed by atoms with Gasteiger partial charge in [-0.3, -0.25) is 4.79 Å². The van der Waals surface area contributed by atoms with Gasteiger partial charge < -0.3 is 14.8 Å². The van der Waals surface area contributed by atoms with Crippen molar-refractivity contribution in [3.63, 3.8) is 0 Å². The third-order valence-electron chi connectivity index (χ3n) is 4.19. The second kappa shape index (κ2) is 8.89. The number of nitrogens with zero attached hydrogens (tertiary/aromatic N) is 2. The van der Waals surface area contributed by atoms with Gasteiger partial charge in [-0.2, -0.15) is 0 Å². The normalized spacial score (nSPS) is 10.5. The molecule has 1 amide bonds. The van der Waals surface area contributed by atoms with Gasteiger partial charge in [0.1, 0.15) is 0 Å². The Morgan fingerprint density at radius 3 is 2.19 bits per heavy atom. The van der Waals surface area contributed by atoms with E-state index in [0.717, 1.165) is 33.4 Å². The molecule has 0 bridgehead atoms. The summed E-state index contributed by atoms with van der Waals surface area (Å²) in [5.74, 6) is 1.16. The molecule has 7 heteroatoms. The second-order valence-corrected chi connectivity index (χ2v) is 6.70. The molecule has 1 aromatic heterocycles. The Morgan fingerprint density at radius 1 is 1.08 bits per heavy atom. The fourth-order valence-corrected chi connectivity index (χ4v) is 3.18. The zero-order chi connectivity index (χ0) is 19.3. The highest BCUT2D eigenvalue weighted by Crippen LogP contribution is 2.33. The molecule has 0 saturated heterocycles. The monoisotopic (exact) mass is 375 g/mol. The Labute approximate surface area is 158 Å². The number of aromatic nitrogens is 2. The molecule has 0 aliphatic carbocycles. The summed E-state index contributed by atoms with van der Waals surface area (Å²) in [5.41, 5.74) is 4.52. The van der Waals surface area contributed by atoms with Crippen molar-refractivity contribution in [1.29, 1.82) is 0 Å². The molecule has 1 heterocycles. The van der Waals surface area contributed by atoms with E-state index in [1.54, 1.807) is 20.3 Å². The molecule has 1 N–H and O–H groups in total. The van der Waals surface area contributed by atoms with Gasteiger partial charge in [-0.1, -0.05) is 11.8 Å². The molecular formula is C19H25N3O3S. The number of carbonyl (C=O) groups excluding carboxylic acids is 1. The zero-order valence-corrected chi connectivity index (χ0v) is 16.9. The Morgan fingerprint density at radius 2 is 1.65 bits per heavy atom. The van der Waals surface area contributed by atoms with Crippen LogP contribution in [0.5, 0.6) is 11.5 Å². The standard InChI is InChI=1S/C19H25N3O3S/c1-11-9-16(24-4)17(25-5)10-15(11)22-18(23)8-7-14-12(2)20-19(26-6)21-13(14)3/h9-10H,7-8H2,1-6H3,(H,22,23). The lowest BCUT2D eigenvalue weighted by Crippen LogP contribution is -2.14. The summed E-state index contributed by atoms with van der Waals surface area (Å²) in [4.78, 5) is 21.3. The van der Waals surface area contributed by atoms with Crippen LogP contribution in [0.2, 0.25) is 0 Å². The Bertz CT molecular complexity index is 786. The van der Waals surface area contributed by atoms with E-state index in [1.807, 2.05) is 33.1 Å². The van der Waals surface area contributed by atoms with Gasteiger partial charge in [-0.05, 0) is 50.6 Å². The number of hydrogen-bond acceptors (Lipinski definition) is 6. The van der Waals surface area contributed by atoms with Crippen molar-refractivity contribution in [2.24, 2.45) is 0 Å². The highest BCUT2D eigenvalue weighted by Gasteiger charge is 2.13. The minimum Gasteiger partial charge on any atom is -0.493 e. The fourth-order valence-electron chi connectivity index (χ4n) is 2.73. The number of benzene rings is 1. The van der Waals surface area contributed by atoms with Crippen molar-refractivity contribution in [3.05, 3.63) is 34.6 Å². The summed E-state index contributed by atoms with van der Waals surface area (Å²) in [6.07, 6.45) is 2.91. The minimum atomic E-state index is -0.0620. The second-order valence-electron chi connectivity index (χ2n) is 5.93. The predicted molar refractivity (Wildman–Crippen MR) is 105 cm³/mol. The van der Waals surface area contributed by atoms with Crippen LogP contribution in [0.1, 0.15) is 28.9 Å². The van der Waals surface area contributed by atoms with Gasteiger partial charge in [0.25, 0.3) is 0 Å². The van der Waals surface area contributed by atoms with E-state index in [1.165, 1.54) is 11.8 Å². The molecule has 2 rings (SSSR count). The van der Waals surface area contributed by atoms with Gasteiger partial charge in [0.2, 0.25) is 5.91 Å². The van der Waals surface area contributed by atoms with Crippen molar-refractivity contribution in [2.45, 2.75) is 38.8 Å². The Kier molecular flexibility index (Phi) is 6.85. The summed E-state index contributed by atoms with van der Waals surface area (Å²) >= 11 is 1.52. The summed E-state index contributed by atoms with van der Waals surface area (Å²) in [6.45, 7) is 5.83. The van der Waals surface area contributed by atoms with Crippen molar-refractivity contribution in [2.75, 3.05) is 25.8 Å². The third-order valence-corrected chi connectivity index (χ3v) is 4.74. The van der Waals surface area contributed by atoms with Crippen LogP contribution in [0.25, 0.3) is 0 Å². The van der Waals surface area contributed by atoms with Gasteiger partial charge in [0.15, 0.2) is 16.7 Å². The van der Waals surface area contributed by atoms with Gasteiger partial charge >= 0.3 is 0 Å². The average Bonchev–Trinajstić information content (AvgIpc) is 2.61. The van der Waals surface area contributed by atoms with Crippen LogP contribution in [0.4, 0.5) is 5.69 Å². The highest BCUT2D eigenvalue weighted by molar-refractivity contribution is 7.98. The maximum Gasteiger partial charge on any atom is 0.224 e. The average molecular weight is 375 g/mol. The Balaban J connectivity index is 2.08. The molecule has 0 atom stereocenters. The van der Waals surface area contributed by atoms with Crippen LogP contribution in [0.3, 0.4) is 0 Å². The van der Waals surface area contributed by atoms with Crippen molar-refractivity contribution in [1.82, 2.24) is 9.97 Å². The SMILES string of the molecule is COc1cc(C)c(NC(=O)CCc2c(C)nc(SC)nc2C)cc1OC. The van der Waals surface area contributed by atoms with Gasteiger partial charge in [0, 0.05) is 29.6 Å². The summed E-state index contributed by atoms with van der Waals surface area (Å²) in [6, 6.07) is 3.62. The number of amides is 1. The molecule has 2 aromatic rings. The molecule has 0 fully saturated rings. The number of rotatable bonds is 7. The number of methoxy groups -OCH3 is 2. The largest absolute Gasteiger partial charge is 0.493 e. The van der Waals surface area contributed by atoms with Crippen LogP contribution in [0.15, 0.2) is 17.3 Å². The first-order chi connectivity index (χ1) is 12.4. The number of aryl methyl sites for hydroxylation is 3. The van der Waals surface area contributed by atoms with E-state index >= 15 is 0 Å². The van der Waals surface area contributed by atoms with Crippen LogP contribution >= 0.6 is 11.8 Å². The van der Waals surface area contributed by atoms with E-state index in [0.29, 0.717) is 24.3 Å². The van der Waals surface area contributed by atoms with Crippen LogP contribution in [-0.2, 0) is 11.2 Å². The quantitative estimate of drug-likeness (QED) is 0.587. The molecule has 6 nitrogen and oxygen atoms in total. The highest BCUT2D eigenvalue weighted by atomic mass is 32.2. The van der Waals surface area contributed by atoms with Crippen molar-refractivity contribution >= 4 is 23.4 Å². The van der Waals surface area contributed by atoms with Gasteiger partial charge in [-0.25, -0.2) is 9.97 Å². The van der Waals surface area contributed by atoms with Crippen LogP contribution in [0, 0.1) is 20.8 Å². The fraction of sp³-hybridized carbons (Fsp3) is 0.421. The lowest BCUT2D eigenvalue weighted by Gasteiger charge is -2.14. The molecule has 0 aliphatic heterocycles. The molecular weight excluding hydrogens is 350 g/mol. The first-order valence-corrected chi connectivity index (χ1v) is 9.52. The van der Waals surface area contributed by atoms with E-state index in [4.69, 9.17) is 9.47 Å². The van der Waals surface area contributed by atoms with Crippen molar-refractivity contribution < 1.29 is 14.3 Å². The first-order valence-electron chi connectivity index (χ1n) is 8.30. The molecule has 140 valence electrons. The van der Waals surface area contributed by atoms with E-state index < -0.39 is 0 Å². The van der Waals surface area contributed by atoms with Gasteiger partial charge in [0.05, 0.1) is 14.2 Å². The van der Waals surface area contributed by atoms with E-state index in [9.17, 15) is 4.79 Å². The maximum atomic E-state index is 12.4. The van der Waals surface area contributed by atoms with Crippen molar-refractivity contribution in [3.8, 4) is 11.5 Å². The smallest absolute Gasteiger partial charge is 0.224 e. The number of carbonyl (C=O) groups is 1. The number of nitrogens with one attached hydrogen (secondary N) is 1. The molecule has 0 unspecified atom stereocenters. The molecule has 0 spiro atoms. The Hall–Kier alpha value is -2.28. The van der Waals surface area contributed by atoms with Crippen LogP contribution in [-0.4, -0.2) is 36.4 Å². The first kappa shape index (κ1) is 20.0. The van der Waals surface area contributed by atoms with Gasteiger partial charge in [-0.15, -0.1) is 0 Å². The third kappa shape index (κ3) is 4.66. The summed E-state index contributed by atoms with van der Waals surface area (Å²) in [5, 5.41) is 3.71. The number of hydrogen-bond donors (Lipinski definition) is 1. The van der Waals surface area contributed by atoms with Crippen LogP contribution < -0.4 is 14.8 Å². The lowest BCUT2D eigenvalue weighted by atomic mass is 10.1. The van der Waals surface area contributed by atoms with E-state index in [-0.39, 0.29) is 5.91 Å². The maximum absolute atomic E-state index is 12.4. The number of ether oxygens (including phenoxy) is 2. The molecule has 0 radical (unpaired) electrons. The topological polar surface area (TPSA) is 73.3 Å². The molecule has 0 aliphatic rings. The van der Waals surface area contributed by atoms with E-state index in [2.05, 4.69) is 15.3 Å². The summed E-state index contributed by atoms with van der Waals surface area (Å²) in [7, 11) is 3.16. The summed E-state index contributed by atoms with van der Waals surface area (Å²) < 4.78 is 10.6.